The van der Waals surface area contributed by atoms with Gasteiger partial charge < -0.3 is 69.5 Å². The van der Waals surface area contributed by atoms with E-state index < -0.39 is 127 Å². The molecular formula is C44H72N12O11. The van der Waals surface area contributed by atoms with Crippen molar-refractivity contribution in [1.82, 2.24) is 42.1 Å². The minimum atomic E-state index is -1.58. The van der Waals surface area contributed by atoms with E-state index in [4.69, 9.17) is 17.2 Å². The number of hydrogen-bond donors (Lipinski definition) is 12. The topological polar surface area (TPSA) is 372 Å². The number of carbonyl (C=O) groups excluding carboxylic acids is 8. The van der Waals surface area contributed by atoms with E-state index in [0.29, 0.717) is 18.4 Å². The number of aliphatic imine (C=N–C) groups is 1. The highest BCUT2D eigenvalue weighted by Crippen LogP contribution is 2.21. The molecule has 0 spiro atoms. The minimum absolute atomic E-state index is 0.00803. The van der Waals surface area contributed by atoms with E-state index >= 15 is 0 Å². The molecule has 1 saturated heterocycles. The zero-order valence-electron chi connectivity index (χ0n) is 39.5. The van der Waals surface area contributed by atoms with Gasteiger partial charge in [-0.05, 0) is 55.9 Å². The third-order valence-corrected chi connectivity index (χ3v) is 11.3. The van der Waals surface area contributed by atoms with Crippen LogP contribution in [0, 0.1) is 17.8 Å². The largest absolute Gasteiger partial charge is 0.480 e. The lowest BCUT2D eigenvalue weighted by molar-refractivity contribution is -0.143. The predicted octanol–water partition coefficient (Wildman–Crippen LogP) is -2.92. The highest BCUT2D eigenvalue weighted by Gasteiger charge is 2.41. The first kappa shape index (κ1) is 56.8. The number of nitrogens with one attached hydrogen (secondary N) is 7. The van der Waals surface area contributed by atoms with Gasteiger partial charge in [0.2, 0.25) is 47.3 Å². The first-order valence-corrected chi connectivity index (χ1v) is 22.6. The number of likely N-dealkylation sites (tertiary alicyclic amines) is 1. The summed E-state index contributed by atoms with van der Waals surface area (Å²) < 4.78 is 0. The second-order valence-electron chi connectivity index (χ2n) is 17.4. The zero-order valence-corrected chi connectivity index (χ0v) is 39.5. The highest BCUT2D eigenvalue weighted by atomic mass is 16.4. The lowest BCUT2D eigenvalue weighted by Gasteiger charge is -2.31. The molecule has 15 N–H and O–H groups in total. The van der Waals surface area contributed by atoms with Gasteiger partial charge in [0.1, 0.15) is 42.3 Å². The third kappa shape index (κ3) is 18.4. The van der Waals surface area contributed by atoms with Crippen LogP contribution < -0.4 is 54.4 Å². The Morgan fingerprint density at radius 2 is 1.33 bits per heavy atom. The normalized spacial score (nSPS) is 17.0. The van der Waals surface area contributed by atoms with Gasteiger partial charge in [0.05, 0.1) is 19.2 Å². The predicted molar refractivity (Wildman–Crippen MR) is 247 cm³/mol. The Bertz CT molecular complexity index is 1890. The number of nitrogens with two attached hydrogens (primary N) is 3. The van der Waals surface area contributed by atoms with Gasteiger partial charge in [-0.3, -0.25) is 43.3 Å². The van der Waals surface area contributed by atoms with Crippen molar-refractivity contribution in [3.8, 4) is 0 Å². The maximum absolute atomic E-state index is 14.3. The van der Waals surface area contributed by atoms with Crippen LogP contribution in [0.4, 0.5) is 0 Å². The van der Waals surface area contributed by atoms with Crippen molar-refractivity contribution in [1.29, 1.82) is 0 Å². The third-order valence-electron chi connectivity index (χ3n) is 11.3. The van der Waals surface area contributed by atoms with E-state index in [1.165, 1.54) is 11.8 Å². The summed E-state index contributed by atoms with van der Waals surface area (Å²) in [5, 5.41) is 37.7. The molecule has 374 valence electrons. The summed E-state index contributed by atoms with van der Waals surface area (Å²) in [5.41, 5.74) is 17.0. The number of guanidine groups is 1. The first-order chi connectivity index (χ1) is 31.5. The van der Waals surface area contributed by atoms with Crippen molar-refractivity contribution >= 4 is 59.2 Å². The first-order valence-electron chi connectivity index (χ1n) is 22.6. The quantitative estimate of drug-likeness (QED) is 0.0239. The standard InChI is InChI=1S/C44H72N12O11/c1-8-25(6)35(41(64)54-33(23(2)3)39(62)49-21-32(58)50-28(43(66)67)16-12-18-48-44(46)47)55-37(60)30(22-57)52-38(61)31-17-13-19-56(31)42(65)29(20-27-14-10-9-11-15-27)51-40(63)34(24(4)5)53-36(59)26(7)45/h9-11,14-15,23-26,28-31,33-35,57H,8,12-13,16-22,45H2,1-7H3,(H,49,62)(H,50,58)(H,51,63)(H,52,61)(H,53,59)(H,54,64)(H,55,60)(H,66,67)(H4,46,47,48)/t25-,26-,28-,29-,30-,31-,33-,34-,35-/m0/s1. The Kier molecular flexibility index (Phi) is 23.7. The van der Waals surface area contributed by atoms with Crippen molar-refractivity contribution in [2.45, 2.75) is 135 Å². The number of carboxylic acids is 1. The Labute approximate surface area is 391 Å². The van der Waals surface area contributed by atoms with Gasteiger partial charge in [0.15, 0.2) is 5.96 Å². The van der Waals surface area contributed by atoms with Crippen LogP contribution >= 0.6 is 0 Å². The number of aliphatic hydroxyl groups excluding tert-OH is 1. The van der Waals surface area contributed by atoms with Crippen molar-refractivity contribution in [3.63, 3.8) is 0 Å². The molecule has 67 heavy (non-hydrogen) atoms. The molecule has 23 heteroatoms. The molecule has 9 atom stereocenters. The fourth-order valence-electron chi connectivity index (χ4n) is 7.11. The van der Waals surface area contributed by atoms with Crippen LogP contribution in [0.5, 0.6) is 0 Å². The van der Waals surface area contributed by atoms with Crippen LogP contribution in [0.25, 0.3) is 0 Å². The second kappa shape index (κ2) is 28.0. The van der Waals surface area contributed by atoms with Crippen LogP contribution in [0.1, 0.15) is 86.1 Å². The summed E-state index contributed by atoms with van der Waals surface area (Å²) in [6, 6.07) is -0.639. The molecule has 1 aromatic carbocycles. The van der Waals surface area contributed by atoms with Gasteiger partial charge >= 0.3 is 5.97 Å². The molecule has 2 rings (SSSR count). The van der Waals surface area contributed by atoms with Gasteiger partial charge in [-0.1, -0.05) is 78.3 Å². The molecule has 0 radical (unpaired) electrons. The van der Waals surface area contributed by atoms with Crippen LogP contribution in [-0.2, 0) is 49.6 Å². The van der Waals surface area contributed by atoms with Gasteiger partial charge in [0, 0.05) is 19.5 Å². The molecule has 1 aromatic rings. The van der Waals surface area contributed by atoms with E-state index in [2.05, 4.69) is 42.2 Å². The average molecular weight is 945 g/mol. The minimum Gasteiger partial charge on any atom is -0.480 e. The van der Waals surface area contributed by atoms with Crippen molar-refractivity contribution < 1.29 is 53.4 Å². The van der Waals surface area contributed by atoms with Crippen molar-refractivity contribution in [3.05, 3.63) is 35.9 Å². The fourth-order valence-corrected chi connectivity index (χ4v) is 7.11. The molecular weight excluding hydrogens is 873 g/mol. The number of aliphatic hydroxyl groups is 1. The molecule has 0 bridgehead atoms. The second-order valence-corrected chi connectivity index (χ2v) is 17.4. The molecule has 1 heterocycles. The lowest BCUT2D eigenvalue weighted by atomic mass is 9.96. The molecule has 8 amide bonds. The Balaban J connectivity index is 2.20. The van der Waals surface area contributed by atoms with E-state index in [1.54, 1.807) is 71.9 Å². The summed E-state index contributed by atoms with van der Waals surface area (Å²) in [6.45, 7) is 10.4. The fraction of sp³-hybridized carbons (Fsp3) is 0.636. The molecule has 1 aliphatic rings. The van der Waals surface area contributed by atoms with E-state index in [9.17, 15) is 53.4 Å². The molecule has 1 aliphatic heterocycles. The monoisotopic (exact) mass is 945 g/mol. The summed E-state index contributed by atoms with van der Waals surface area (Å²) in [5.74, 6) is -8.69. The number of aliphatic carboxylic acids is 1. The van der Waals surface area contributed by atoms with Crippen LogP contribution in [0.3, 0.4) is 0 Å². The number of hydrogen-bond acceptors (Lipinski definition) is 12. The summed E-state index contributed by atoms with van der Waals surface area (Å²) in [6.07, 6.45) is 1.28. The molecule has 1 fully saturated rings. The van der Waals surface area contributed by atoms with Gasteiger partial charge in [0.25, 0.3) is 0 Å². The van der Waals surface area contributed by atoms with E-state index in [0.717, 1.165) is 0 Å². The summed E-state index contributed by atoms with van der Waals surface area (Å²) >= 11 is 0. The SMILES string of the molecule is CC[C@H](C)[C@H](NC(=O)[C@H](CO)NC(=O)[C@@H]1CCCN1C(=O)[C@H](Cc1ccccc1)NC(=O)[C@@H](NC(=O)[C@H](C)N)C(C)C)C(=O)N[C@H](C(=O)NCC(=O)N[C@@H](CCCN=C(N)N)C(=O)O)C(C)C. The van der Waals surface area contributed by atoms with Crippen molar-refractivity contribution in [2.75, 3.05) is 26.2 Å². The van der Waals surface area contributed by atoms with E-state index in [1.807, 2.05) is 0 Å². The number of amides is 8. The van der Waals surface area contributed by atoms with Gasteiger partial charge in [-0.25, -0.2) is 4.79 Å². The number of nitrogens with zero attached hydrogens (tertiary/aromatic N) is 2. The van der Waals surface area contributed by atoms with Gasteiger partial charge in [-0.15, -0.1) is 0 Å². The summed E-state index contributed by atoms with van der Waals surface area (Å²) in [4.78, 5) is 124. The zero-order chi connectivity index (χ0) is 50.5. The van der Waals surface area contributed by atoms with Crippen LogP contribution in [-0.4, -0.2) is 149 Å². The lowest BCUT2D eigenvalue weighted by Crippen LogP contribution is -2.61. The summed E-state index contributed by atoms with van der Waals surface area (Å²) in [7, 11) is 0. The Morgan fingerprint density at radius 3 is 1.88 bits per heavy atom. The Hall–Kier alpha value is -6.36. The molecule has 23 nitrogen and oxygen atoms in total. The number of benzene rings is 1. The maximum Gasteiger partial charge on any atom is 0.326 e. The smallest absolute Gasteiger partial charge is 0.326 e. The number of carboxylic acid groups (broad SMARTS) is 1. The molecule has 0 aromatic heterocycles. The van der Waals surface area contributed by atoms with Crippen LogP contribution in [0.15, 0.2) is 35.3 Å². The molecule has 0 aliphatic carbocycles. The van der Waals surface area contributed by atoms with Crippen LogP contribution in [0.2, 0.25) is 0 Å². The Morgan fingerprint density at radius 1 is 0.746 bits per heavy atom. The van der Waals surface area contributed by atoms with Crippen molar-refractivity contribution in [2.24, 2.45) is 39.9 Å². The highest BCUT2D eigenvalue weighted by molar-refractivity contribution is 5.98. The molecule has 0 saturated carbocycles. The van der Waals surface area contributed by atoms with Gasteiger partial charge in [-0.2, -0.15) is 0 Å². The average Bonchev–Trinajstić information content (AvgIpc) is 3.77. The number of rotatable bonds is 27. The van der Waals surface area contributed by atoms with E-state index in [-0.39, 0.29) is 50.7 Å². The molecule has 0 unspecified atom stereocenters. The maximum atomic E-state index is 14.3. The number of carbonyl (C=O) groups is 9.